The summed E-state index contributed by atoms with van der Waals surface area (Å²) in [5, 5.41) is 8.40. The SMILES string of the molecule is O=C(O)CCC(F)(F)c1ccc2[nH]c(=O)oc2c1. The number of carboxylic acid groups (broad SMARTS) is 1. The summed E-state index contributed by atoms with van der Waals surface area (Å²) in [5.41, 5.74) is -0.0377. The molecule has 0 unspecified atom stereocenters. The third kappa shape index (κ3) is 2.39. The number of hydrogen-bond donors (Lipinski definition) is 2. The number of alkyl halides is 2. The highest BCUT2D eigenvalue weighted by atomic mass is 19.3. The fraction of sp³-hybridized carbons (Fsp3) is 0.273. The van der Waals surface area contributed by atoms with Crippen LogP contribution in [0.25, 0.3) is 11.1 Å². The van der Waals surface area contributed by atoms with Crippen LogP contribution in [0.15, 0.2) is 27.4 Å². The van der Waals surface area contributed by atoms with Crippen molar-refractivity contribution < 1.29 is 23.1 Å². The third-order valence-electron chi connectivity index (χ3n) is 2.50. The number of hydrogen-bond acceptors (Lipinski definition) is 3. The number of benzene rings is 1. The van der Waals surface area contributed by atoms with E-state index in [1.165, 1.54) is 6.07 Å². The quantitative estimate of drug-likeness (QED) is 0.878. The van der Waals surface area contributed by atoms with Crippen LogP contribution in [0.3, 0.4) is 0 Å². The second-order valence-electron chi connectivity index (χ2n) is 3.82. The van der Waals surface area contributed by atoms with Crippen molar-refractivity contribution in [1.82, 2.24) is 4.98 Å². The predicted octanol–water partition coefficient (Wildman–Crippen LogP) is 2.08. The summed E-state index contributed by atoms with van der Waals surface area (Å²) in [5.74, 6) is -5.29. The minimum absolute atomic E-state index is 0.0208. The number of oxazole rings is 1. The fourth-order valence-electron chi connectivity index (χ4n) is 1.58. The molecular formula is C11H9F2NO4. The molecule has 0 saturated carbocycles. The van der Waals surface area contributed by atoms with Gasteiger partial charge in [-0.3, -0.25) is 9.78 Å². The average molecular weight is 257 g/mol. The predicted molar refractivity (Wildman–Crippen MR) is 57.6 cm³/mol. The van der Waals surface area contributed by atoms with E-state index in [2.05, 4.69) is 9.40 Å². The van der Waals surface area contributed by atoms with Crippen LogP contribution in [0.2, 0.25) is 0 Å². The summed E-state index contributed by atoms with van der Waals surface area (Å²) >= 11 is 0. The maximum Gasteiger partial charge on any atom is 0.417 e. The number of aromatic nitrogens is 1. The summed E-state index contributed by atoms with van der Waals surface area (Å²) in [6.45, 7) is 0. The largest absolute Gasteiger partial charge is 0.481 e. The molecule has 0 aliphatic heterocycles. The molecule has 2 rings (SSSR count). The average Bonchev–Trinajstić information content (AvgIpc) is 2.65. The van der Waals surface area contributed by atoms with Gasteiger partial charge in [-0.05, 0) is 12.1 Å². The van der Waals surface area contributed by atoms with E-state index >= 15 is 0 Å². The van der Waals surface area contributed by atoms with E-state index in [0.29, 0.717) is 5.52 Å². The molecule has 18 heavy (non-hydrogen) atoms. The van der Waals surface area contributed by atoms with E-state index in [4.69, 9.17) is 5.11 Å². The molecule has 1 heterocycles. The fourth-order valence-corrected chi connectivity index (χ4v) is 1.58. The zero-order valence-corrected chi connectivity index (χ0v) is 9.07. The first-order valence-electron chi connectivity index (χ1n) is 5.11. The van der Waals surface area contributed by atoms with E-state index in [1.54, 1.807) is 0 Å². The maximum absolute atomic E-state index is 13.7. The summed E-state index contributed by atoms with van der Waals surface area (Å²) in [7, 11) is 0. The van der Waals surface area contributed by atoms with E-state index in [9.17, 15) is 18.4 Å². The molecule has 0 bridgehead atoms. The molecule has 0 amide bonds. The van der Waals surface area contributed by atoms with Gasteiger partial charge in [-0.2, -0.15) is 0 Å². The number of rotatable bonds is 4. The number of carboxylic acids is 1. The molecule has 0 fully saturated rings. The van der Waals surface area contributed by atoms with Crippen molar-refractivity contribution in [2.24, 2.45) is 0 Å². The lowest BCUT2D eigenvalue weighted by atomic mass is 10.0. The van der Waals surface area contributed by atoms with Gasteiger partial charge in [0.2, 0.25) is 0 Å². The van der Waals surface area contributed by atoms with Crippen molar-refractivity contribution in [2.45, 2.75) is 18.8 Å². The molecule has 5 nitrogen and oxygen atoms in total. The minimum atomic E-state index is -3.28. The van der Waals surface area contributed by atoms with Gasteiger partial charge in [0.15, 0.2) is 5.58 Å². The summed E-state index contributed by atoms with van der Waals surface area (Å²) in [6.07, 6.45) is -1.44. The number of carbonyl (C=O) groups is 1. The van der Waals surface area contributed by atoms with Gasteiger partial charge in [-0.15, -0.1) is 0 Å². The summed E-state index contributed by atoms with van der Waals surface area (Å²) < 4.78 is 32.0. The van der Waals surface area contributed by atoms with Crippen LogP contribution < -0.4 is 5.76 Å². The number of aliphatic carboxylic acids is 1. The van der Waals surface area contributed by atoms with Crippen LogP contribution in [-0.2, 0) is 10.7 Å². The Balaban J connectivity index is 2.34. The van der Waals surface area contributed by atoms with Gasteiger partial charge in [0, 0.05) is 12.0 Å². The molecule has 0 atom stereocenters. The Labute approximate surface area is 99.0 Å². The Bertz CT molecular complexity index is 644. The molecular weight excluding hydrogens is 248 g/mol. The monoisotopic (exact) mass is 257 g/mol. The first kappa shape index (κ1) is 12.3. The summed E-state index contributed by atoms with van der Waals surface area (Å²) in [4.78, 5) is 23.5. The lowest BCUT2D eigenvalue weighted by molar-refractivity contribution is -0.139. The number of fused-ring (bicyclic) bond motifs is 1. The van der Waals surface area contributed by atoms with Crippen LogP contribution in [0.4, 0.5) is 8.78 Å². The van der Waals surface area contributed by atoms with E-state index in [1.807, 2.05) is 0 Å². The van der Waals surface area contributed by atoms with Crippen molar-refractivity contribution >= 4 is 17.1 Å². The molecule has 96 valence electrons. The third-order valence-corrected chi connectivity index (χ3v) is 2.50. The Morgan fingerprint density at radius 2 is 2.17 bits per heavy atom. The van der Waals surface area contributed by atoms with Crippen LogP contribution in [0, 0.1) is 0 Å². The zero-order chi connectivity index (χ0) is 13.3. The van der Waals surface area contributed by atoms with Gasteiger partial charge in [-0.1, -0.05) is 6.07 Å². The number of H-pyrrole nitrogens is 1. The smallest absolute Gasteiger partial charge is 0.417 e. The Morgan fingerprint density at radius 1 is 1.44 bits per heavy atom. The van der Waals surface area contributed by atoms with Crippen molar-refractivity contribution in [3.05, 3.63) is 34.3 Å². The number of halogens is 2. The summed E-state index contributed by atoms with van der Waals surface area (Å²) in [6, 6.07) is 3.47. The first-order valence-corrected chi connectivity index (χ1v) is 5.11. The second kappa shape index (κ2) is 4.25. The van der Waals surface area contributed by atoms with E-state index in [0.717, 1.165) is 12.1 Å². The Kier molecular flexibility index (Phi) is 2.90. The van der Waals surface area contributed by atoms with E-state index in [-0.39, 0.29) is 11.1 Å². The van der Waals surface area contributed by atoms with Crippen molar-refractivity contribution in [1.29, 1.82) is 0 Å². The van der Waals surface area contributed by atoms with Gasteiger partial charge >= 0.3 is 11.7 Å². The second-order valence-corrected chi connectivity index (χ2v) is 3.82. The van der Waals surface area contributed by atoms with Gasteiger partial charge in [0.05, 0.1) is 11.9 Å². The normalized spacial score (nSPS) is 11.9. The van der Waals surface area contributed by atoms with Crippen molar-refractivity contribution in [3.8, 4) is 0 Å². The molecule has 0 aliphatic rings. The molecule has 0 aliphatic carbocycles. The highest BCUT2D eigenvalue weighted by Gasteiger charge is 2.32. The van der Waals surface area contributed by atoms with Crippen molar-refractivity contribution in [3.63, 3.8) is 0 Å². The molecule has 0 radical (unpaired) electrons. The van der Waals surface area contributed by atoms with Gasteiger partial charge in [-0.25, -0.2) is 13.6 Å². The van der Waals surface area contributed by atoms with Crippen LogP contribution in [0.1, 0.15) is 18.4 Å². The maximum atomic E-state index is 13.7. The highest BCUT2D eigenvalue weighted by Crippen LogP contribution is 2.34. The highest BCUT2D eigenvalue weighted by molar-refractivity contribution is 5.73. The van der Waals surface area contributed by atoms with Gasteiger partial charge in [0.25, 0.3) is 5.92 Å². The van der Waals surface area contributed by atoms with E-state index < -0.39 is 30.5 Å². The zero-order valence-electron chi connectivity index (χ0n) is 9.07. The Morgan fingerprint density at radius 3 is 2.83 bits per heavy atom. The molecule has 7 heteroatoms. The van der Waals surface area contributed by atoms with Crippen LogP contribution >= 0.6 is 0 Å². The van der Waals surface area contributed by atoms with Crippen molar-refractivity contribution in [2.75, 3.05) is 0 Å². The molecule has 2 aromatic rings. The van der Waals surface area contributed by atoms with Crippen LogP contribution in [-0.4, -0.2) is 16.1 Å². The lowest BCUT2D eigenvalue weighted by Gasteiger charge is -2.15. The molecule has 0 saturated heterocycles. The molecule has 2 N–H and O–H groups in total. The lowest BCUT2D eigenvalue weighted by Crippen LogP contribution is -2.15. The molecule has 0 spiro atoms. The number of nitrogens with one attached hydrogen (secondary N) is 1. The standard InChI is InChI=1S/C11H9F2NO4/c12-11(13,4-3-9(15)16)6-1-2-7-8(5-6)18-10(17)14-7/h1-2,5H,3-4H2,(H,14,17)(H,15,16). The molecule has 1 aromatic heterocycles. The Hall–Kier alpha value is -2.18. The van der Waals surface area contributed by atoms with Gasteiger partial charge < -0.3 is 9.52 Å². The molecule has 1 aromatic carbocycles. The van der Waals surface area contributed by atoms with Crippen LogP contribution in [0.5, 0.6) is 0 Å². The van der Waals surface area contributed by atoms with Gasteiger partial charge in [0.1, 0.15) is 0 Å². The first-order chi connectivity index (χ1) is 8.38. The minimum Gasteiger partial charge on any atom is -0.481 e. The number of aromatic amines is 1. The topological polar surface area (TPSA) is 83.3 Å².